The van der Waals surface area contributed by atoms with Gasteiger partial charge in [-0.3, -0.25) is 0 Å². The van der Waals surface area contributed by atoms with E-state index in [1.807, 2.05) is 0 Å². The van der Waals surface area contributed by atoms with Crippen LogP contribution in [-0.4, -0.2) is 0 Å². The predicted octanol–water partition coefficient (Wildman–Crippen LogP) is 13.2. The fourth-order valence-corrected chi connectivity index (χ4v) is 9.97. The van der Waals surface area contributed by atoms with Crippen molar-refractivity contribution in [2.45, 2.75) is 10.3 Å². The first-order valence-electron chi connectivity index (χ1n) is 17.7. The van der Waals surface area contributed by atoms with E-state index in [9.17, 15) is 0 Å². The summed E-state index contributed by atoms with van der Waals surface area (Å²) in [6.45, 7) is 0. The van der Waals surface area contributed by atoms with Crippen LogP contribution in [0.15, 0.2) is 181 Å². The molecule has 0 radical (unpaired) electrons. The van der Waals surface area contributed by atoms with Crippen LogP contribution in [0.2, 0.25) is 0 Å². The number of thiol groups is 1. The summed E-state index contributed by atoms with van der Waals surface area (Å²) in [5, 5.41) is 19.7. The van der Waals surface area contributed by atoms with E-state index in [1.54, 1.807) is 0 Å². The lowest BCUT2D eigenvalue weighted by atomic mass is 9.89. The van der Waals surface area contributed by atoms with Crippen LogP contribution in [0.1, 0.15) is 10.9 Å². The zero-order valence-corrected chi connectivity index (χ0v) is 28.7. The molecule has 2 heteroatoms. The first-order valence-corrected chi connectivity index (χ1v) is 18.6. The smallest absolute Gasteiger partial charge is 0.217 e. The molecule has 0 saturated heterocycles. The molecule has 0 aromatic heterocycles. The normalized spacial score (nSPS) is 14.2. The lowest BCUT2D eigenvalue weighted by Crippen LogP contribution is -2.04. The Labute approximate surface area is 300 Å². The number of hydrogen-bond acceptors (Lipinski definition) is 1. The largest absolute Gasteiger partial charge is 0.333 e. The van der Waals surface area contributed by atoms with Gasteiger partial charge in [0, 0.05) is 22.7 Å². The minimum Gasteiger partial charge on any atom is -0.333 e. The van der Waals surface area contributed by atoms with Gasteiger partial charge in [0.15, 0.2) is 4.90 Å². The highest BCUT2D eigenvalue weighted by molar-refractivity contribution is 7.79. The number of fused-ring (bicyclic) bond motifs is 12. The zero-order chi connectivity index (χ0) is 33.5. The topological polar surface area (TPSA) is 12.0 Å². The maximum atomic E-state index is 3.82. The van der Waals surface area contributed by atoms with E-state index in [0.717, 1.165) is 0 Å². The van der Waals surface area contributed by atoms with Crippen molar-refractivity contribution in [3.63, 3.8) is 0 Å². The van der Waals surface area contributed by atoms with Crippen LogP contribution in [0.25, 0.3) is 86.9 Å². The zero-order valence-electron chi connectivity index (χ0n) is 27.8. The lowest BCUT2D eigenvalue weighted by molar-refractivity contribution is 1.13. The third-order valence-corrected chi connectivity index (χ3v) is 12.3. The van der Waals surface area contributed by atoms with Crippen LogP contribution in [-0.2, 0) is 11.8 Å². The molecule has 1 N–H and O–H groups in total. The van der Waals surface area contributed by atoms with E-state index in [1.165, 1.54) is 115 Å². The molecule has 1 aliphatic rings. The Morgan fingerprint density at radius 2 is 0.882 bits per heavy atom. The molecule has 0 aliphatic carbocycles. The van der Waals surface area contributed by atoms with Gasteiger partial charge in [-0.1, -0.05) is 158 Å². The Morgan fingerprint density at radius 1 is 0.373 bits per heavy atom. The molecule has 0 fully saturated rings. The summed E-state index contributed by atoms with van der Waals surface area (Å²) in [5.41, 5.74) is 7.56. The van der Waals surface area contributed by atoms with E-state index < -0.39 is 0 Å². The van der Waals surface area contributed by atoms with Gasteiger partial charge in [0.2, 0.25) is 5.37 Å². The summed E-state index contributed by atoms with van der Waals surface area (Å²) in [5.74, 6) is 0. The van der Waals surface area contributed by atoms with Gasteiger partial charge in [0.1, 0.15) is 0 Å². The fourth-order valence-electron chi connectivity index (χ4n) is 8.53. The Kier molecular flexibility index (Phi) is 6.31. The van der Waals surface area contributed by atoms with Crippen molar-refractivity contribution in [1.82, 2.24) is 0 Å². The van der Waals surface area contributed by atoms with Crippen LogP contribution in [0, 0.1) is 0 Å². The maximum Gasteiger partial charge on any atom is 0.217 e. The summed E-state index contributed by atoms with van der Waals surface area (Å²) >= 11 is 1.30. The number of hydrogen-bond donors (Lipinski definition) is 1. The first-order chi connectivity index (χ1) is 25.3. The second-order valence-corrected chi connectivity index (χ2v) is 14.9. The van der Waals surface area contributed by atoms with Gasteiger partial charge < -0.3 is 5.32 Å². The van der Waals surface area contributed by atoms with Crippen molar-refractivity contribution in [3.05, 3.63) is 181 Å². The molecule has 0 amide bonds. The van der Waals surface area contributed by atoms with E-state index in [4.69, 9.17) is 0 Å². The van der Waals surface area contributed by atoms with E-state index in [0.29, 0.717) is 0 Å². The van der Waals surface area contributed by atoms with E-state index in [-0.39, 0.29) is 5.37 Å². The van der Waals surface area contributed by atoms with Gasteiger partial charge >= 0.3 is 0 Å². The average molecular weight is 667 g/mol. The quantitative estimate of drug-likeness (QED) is 0.112. The minimum absolute atomic E-state index is 0.258. The highest BCUT2D eigenvalue weighted by Gasteiger charge is 2.33. The molecule has 10 aromatic rings. The standard InChI is InChI=1S/C49H31NS/c1-2-10-32(11-3-1)49-50-46-27-25-31-22-20-30-21-23-33(28-44(30)47(31)48(46)51-49)35-16-8-19-38-36(17-9-18-37(35)38)34-24-26-43-41-14-5-4-12-39(41)40-13-6-7-15-42(40)45(43)29-34/h1-29,49-50H/p+1. The van der Waals surface area contributed by atoms with Crippen molar-refractivity contribution in [1.29, 1.82) is 0 Å². The van der Waals surface area contributed by atoms with Gasteiger partial charge in [-0.2, -0.15) is 0 Å². The second-order valence-electron chi connectivity index (χ2n) is 13.7. The summed E-state index contributed by atoms with van der Waals surface area (Å²) in [6.07, 6.45) is 0. The average Bonchev–Trinajstić information content (AvgIpc) is 3.65. The highest BCUT2D eigenvalue weighted by Crippen LogP contribution is 2.44. The molecule has 238 valence electrons. The predicted molar refractivity (Wildman–Crippen MR) is 222 cm³/mol. The summed E-state index contributed by atoms with van der Waals surface area (Å²) in [6, 6.07) is 65.2. The molecule has 1 heterocycles. The van der Waals surface area contributed by atoms with Gasteiger partial charge in [-0.05, 0) is 99.7 Å². The molecule has 11 rings (SSSR count). The van der Waals surface area contributed by atoms with Crippen LogP contribution in [0.5, 0.6) is 0 Å². The number of rotatable bonds is 3. The molecule has 1 atom stereocenters. The maximum absolute atomic E-state index is 3.82. The van der Waals surface area contributed by atoms with Crippen molar-refractivity contribution < 1.29 is 0 Å². The van der Waals surface area contributed by atoms with Gasteiger partial charge in [0.05, 0.1) is 5.69 Å². The van der Waals surface area contributed by atoms with Gasteiger partial charge in [-0.15, -0.1) is 0 Å². The molecule has 0 spiro atoms. The number of benzene rings is 10. The van der Waals surface area contributed by atoms with Crippen molar-refractivity contribution in [2.24, 2.45) is 0 Å². The summed E-state index contributed by atoms with van der Waals surface area (Å²) in [7, 11) is 0. The van der Waals surface area contributed by atoms with Crippen LogP contribution >= 0.6 is 0 Å². The van der Waals surface area contributed by atoms with Crippen LogP contribution < -0.4 is 5.32 Å². The van der Waals surface area contributed by atoms with E-state index >= 15 is 0 Å². The molecular formula is C49H32NS+. The molecule has 0 bridgehead atoms. The number of anilines is 1. The van der Waals surface area contributed by atoms with Crippen LogP contribution in [0.4, 0.5) is 5.69 Å². The summed E-state index contributed by atoms with van der Waals surface area (Å²) in [4.78, 5) is 1.39. The lowest BCUT2D eigenvalue weighted by Gasteiger charge is -2.15. The first kappa shape index (κ1) is 28.7. The van der Waals surface area contributed by atoms with Crippen molar-refractivity contribution in [2.75, 3.05) is 5.32 Å². The molecule has 1 aliphatic heterocycles. The second kappa shape index (κ2) is 11.2. The van der Waals surface area contributed by atoms with Crippen molar-refractivity contribution >= 4 is 82.1 Å². The SMILES string of the molecule is c1ccc(C2Nc3ccc4ccc5ccc(-c6cccc7c(-c8ccc9c%10ccccc%10c%10ccccc%10c9c8)cccc67)cc5c4c3[SH+]2)cc1. The molecule has 1 nitrogen and oxygen atoms in total. The fraction of sp³-hybridized carbons (Fsp3) is 0.0204. The summed E-state index contributed by atoms with van der Waals surface area (Å²) < 4.78 is 0. The highest BCUT2D eigenvalue weighted by atomic mass is 32.2. The third kappa shape index (κ3) is 4.43. The Bertz CT molecular complexity index is 3000. The Morgan fingerprint density at radius 3 is 1.57 bits per heavy atom. The van der Waals surface area contributed by atoms with Gasteiger partial charge in [0.25, 0.3) is 0 Å². The third-order valence-electron chi connectivity index (χ3n) is 10.9. The Hall–Kier alpha value is -6.09. The van der Waals surface area contributed by atoms with E-state index in [2.05, 4.69) is 181 Å². The molecule has 0 saturated carbocycles. The minimum atomic E-state index is 0.258. The van der Waals surface area contributed by atoms with Crippen LogP contribution in [0.3, 0.4) is 0 Å². The van der Waals surface area contributed by atoms with Gasteiger partial charge in [-0.25, -0.2) is 0 Å². The van der Waals surface area contributed by atoms with Crippen molar-refractivity contribution in [3.8, 4) is 22.3 Å². The number of nitrogens with one attached hydrogen (secondary N) is 1. The molecule has 10 aromatic carbocycles. The molecule has 1 unspecified atom stereocenters. The molecule has 51 heavy (non-hydrogen) atoms. The Balaban J connectivity index is 1.08. The molecular weight excluding hydrogens is 635 g/mol. The monoisotopic (exact) mass is 666 g/mol.